The summed E-state index contributed by atoms with van der Waals surface area (Å²) < 4.78 is 1.98. The monoisotopic (exact) mass is 164 g/mol. The van der Waals surface area contributed by atoms with Gasteiger partial charge < -0.3 is 0 Å². The van der Waals surface area contributed by atoms with Gasteiger partial charge in [0.1, 0.15) is 11.0 Å². The van der Waals surface area contributed by atoms with Crippen LogP contribution in [0.5, 0.6) is 0 Å². The molecule has 64 valence electrons. The van der Waals surface area contributed by atoms with Gasteiger partial charge >= 0.3 is 0 Å². The van der Waals surface area contributed by atoms with Gasteiger partial charge in [-0.05, 0) is 20.8 Å². The predicted octanol–water partition coefficient (Wildman–Crippen LogP) is 1.65. The minimum Gasteiger partial charge on any atom is -0.274 e. The Hall–Kier alpha value is -1.32. The van der Waals surface area contributed by atoms with E-state index >= 15 is 0 Å². The van der Waals surface area contributed by atoms with Gasteiger partial charge in [-0.1, -0.05) is 0 Å². The van der Waals surface area contributed by atoms with Crippen LogP contribution in [0.2, 0.25) is 0 Å². The van der Waals surface area contributed by atoms with Gasteiger partial charge in [-0.2, -0.15) is 10.2 Å². The number of nitrogens with one attached hydrogen (secondary N) is 1. The summed E-state index contributed by atoms with van der Waals surface area (Å²) >= 11 is 0. The molecule has 0 spiro atoms. The van der Waals surface area contributed by atoms with Crippen molar-refractivity contribution in [3.63, 3.8) is 0 Å². The van der Waals surface area contributed by atoms with Gasteiger partial charge in [-0.3, -0.25) is 9.78 Å². The molecule has 0 aliphatic heterocycles. The molecule has 4 nitrogen and oxygen atoms in total. The summed E-state index contributed by atoms with van der Waals surface area (Å²) in [6.45, 7) is 6.21. The lowest BCUT2D eigenvalue weighted by molar-refractivity contribution is 0.546. The molecule has 0 aliphatic rings. The average molecular weight is 164 g/mol. The van der Waals surface area contributed by atoms with Crippen LogP contribution in [0.4, 0.5) is 0 Å². The number of rotatable bonds is 1. The molecule has 0 saturated heterocycles. The fourth-order valence-electron chi connectivity index (χ4n) is 1.38. The third kappa shape index (κ3) is 0.841. The first-order chi connectivity index (χ1) is 5.70. The van der Waals surface area contributed by atoms with Crippen LogP contribution in [-0.2, 0) is 0 Å². The van der Waals surface area contributed by atoms with Gasteiger partial charge in [0.05, 0.1) is 11.9 Å². The van der Waals surface area contributed by atoms with Gasteiger partial charge in [-0.15, -0.1) is 0 Å². The van der Waals surface area contributed by atoms with Gasteiger partial charge in [0, 0.05) is 6.04 Å². The first kappa shape index (κ1) is 7.34. The number of aromatic amines is 1. The van der Waals surface area contributed by atoms with E-state index in [1.807, 2.05) is 17.8 Å². The number of nitrogens with zero attached hydrogens (tertiary/aromatic N) is 3. The lowest BCUT2D eigenvalue weighted by Gasteiger charge is -2.04. The standard InChI is InChI=1S/C8H12N4/c1-5(2)12-7-4-9-10-8(7)6(3)11-12/h4-5H,1-3H3,(H,9,10). The van der Waals surface area contributed by atoms with Gasteiger partial charge in [0.2, 0.25) is 0 Å². The molecule has 2 heterocycles. The molecule has 0 radical (unpaired) electrons. The topological polar surface area (TPSA) is 46.5 Å². The van der Waals surface area contributed by atoms with E-state index in [1.165, 1.54) is 0 Å². The molecule has 0 saturated carbocycles. The second-order valence-corrected chi connectivity index (χ2v) is 3.25. The van der Waals surface area contributed by atoms with Gasteiger partial charge in [-0.25, -0.2) is 0 Å². The third-order valence-corrected chi connectivity index (χ3v) is 1.97. The quantitative estimate of drug-likeness (QED) is 0.696. The van der Waals surface area contributed by atoms with Crippen molar-refractivity contribution < 1.29 is 0 Å². The van der Waals surface area contributed by atoms with Gasteiger partial charge in [0.15, 0.2) is 0 Å². The second kappa shape index (κ2) is 2.33. The Morgan fingerprint density at radius 3 is 2.92 bits per heavy atom. The molecule has 1 N–H and O–H groups in total. The molecule has 0 aromatic carbocycles. The van der Waals surface area contributed by atoms with E-state index in [4.69, 9.17) is 0 Å². The SMILES string of the molecule is Cc1nn(C(C)C)c2cn[nH]c12. The Kier molecular flexibility index (Phi) is 1.43. The molecule has 0 atom stereocenters. The summed E-state index contributed by atoms with van der Waals surface area (Å²) in [5, 5.41) is 11.3. The van der Waals surface area contributed by atoms with Crippen LogP contribution in [0.3, 0.4) is 0 Å². The Morgan fingerprint density at radius 1 is 1.50 bits per heavy atom. The van der Waals surface area contributed by atoms with Crippen molar-refractivity contribution in [2.45, 2.75) is 26.8 Å². The third-order valence-electron chi connectivity index (χ3n) is 1.97. The first-order valence-corrected chi connectivity index (χ1v) is 4.08. The lowest BCUT2D eigenvalue weighted by Crippen LogP contribution is -2.02. The highest BCUT2D eigenvalue weighted by Crippen LogP contribution is 2.17. The van der Waals surface area contributed by atoms with Crippen molar-refractivity contribution in [2.75, 3.05) is 0 Å². The maximum absolute atomic E-state index is 4.39. The second-order valence-electron chi connectivity index (χ2n) is 3.25. The minimum absolute atomic E-state index is 0.388. The Labute approximate surface area is 70.6 Å². The predicted molar refractivity (Wildman–Crippen MR) is 47.0 cm³/mol. The molecule has 0 aliphatic carbocycles. The largest absolute Gasteiger partial charge is 0.274 e. The number of aryl methyl sites for hydroxylation is 1. The fourth-order valence-corrected chi connectivity index (χ4v) is 1.38. The van der Waals surface area contributed by atoms with E-state index in [0.717, 1.165) is 16.7 Å². The smallest absolute Gasteiger partial charge is 0.107 e. The number of hydrogen-bond donors (Lipinski definition) is 1. The average Bonchev–Trinajstić information content (AvgIpc) is 2.53. The van der Waals surface area contributed by atoms with Crippen LogP contribution in [0, 0.1) is 6.92 Å². The van der Waals surface area contributed by atoms with E-state index < -0.39 is 0 Å². The van der Waals surface area contributed by atoms with Crippen molar-refractivity contribution >= 4 is 11.0 Å². The van der Waals surface area contributed by atoms with Crippen LogP contribution in [0.15, 0.2) is 6.20 Å². The van der Waals surface area contributed by atoms with Crippen molar-refractivity contribution in [1.82, 2.24) is 20.0 Å². The highest BCUT2D eigenvalue weighted by atomic mass is 15.3. The van der Waals surface area contributed by atoms with Crippen LogP contribution >= 0.6 is 0 Å². The highest BCUT2D eigenvalue weighted by molar-refractivity contribution is 5.76. The highest BCUT2D eigenvalue weighted by Gasteiger charge is 2.10. The van der Waals surface area contributed by atoms with E-state index in [2.05, 4.69) is 29.1 Å². The molecule has 2 rings (SSSR count). The minimum atomic E-state index is 0.388. The Bertz CT molecular complexity index is 396. The molecule has 4 heteroatoms. The number of hydrogen-bond acceptors (Lipinski definition) is 2. The van der Waals surface area contributed by atoms with Crippen molar-refractivity contribution in [3.8, 4) is 0 Å². The van der Waals surface area contributed by atoms with Crippen molar-refractivity contribution in [2.24, 2.45) is 0 Å². The Morgan fingerprint density at radius 2 is 2.25 bits per heavy atom. The molecular formula is C8H12N4. The molecule has 2 aromatic heterocycles. The molecule has 0 amide bonds. The normalized spacial score (nSPS) is 11.7. The zero-order valence-electron chi connectivity index (χ0n) is 7.50. The van der Waals surface area contributed by atoms with Gasteiger partial charge in [0.25, 0.3) is 0 Å². The summed E-state index contributed by atoms with van der Waals surface area (Å²) in [7, 11) is 0. The van der Waals surface area contributed by atoms with E-state index in [1.54, 1.807) is 0 Å². The molecule has 0 fully saturated rings. The van der Waals surface area contributed by atoms with E-state index in [0.29, 0.717) is 6.04 Å². The molecule has 0 unspecified atom stereocenters. The lowest BCUT2D eigenvalue weighted by atomic mass is 10.4. The number of aromatic nitrogens is 4. The number of fused-ring (bicyclic) bond motifs is 1. The molecule has 12 heavy (non-hydrogen) atoms. The summed E-state index contributed by atoms with van der Waals surface area (Å²) in [6, 6.07) is 0.388. The maximum Gasteiger partial charge on any atom is 0.107 e. The molecular weight excluding hydrogens is 152 g/mol. The fraction of sp³-hybridized carbons (Fsp3) is 0.500. The van der Waals surface area contributed by atoms with Crippen LogP contribution < -0.4 is 0 Å². The summed E-state index contributed by atoms with van der Waals surface area (Å²) in [4.78, 5) is 0. The first-order valence-electron chi connectivity index (χ1n) is 4.08. The molecule has 2 aromatic rings. The van der Waals surface area contributed by atoms with E-state index in [9.17, 15) is 0 Å². The maximum atomic E-state index is 4.39. The summed E-state index contributed by atoms with van der Waals surface area (Å²) in [5.74, 6) is 0. The van der Waals surface area contributed by atoms with Crippen molar-refractivity contribution in [3.05, 3.63) is 11.9 Å². The number of H-pyrrole nitrogens is 1. The van der Waals surface area contributed by atoms with Crippen LogP contribution in [0.1, 0.15) is 25.6 Å². The zero-order valence-corrected chi connectivity index (χ0v) is 7.50. The van der Waals surface area contributed by atoms with E-state index in [-0.39, 0.29) is 0 Å². The van der Waals surface area contributed by atoms with Crippen LogP contribution in [-0.4, -0.2) is 20.0 Å². The van der Waals surface area contributed by atoms with Crippen LogP contribution in [0.25, 0.3) is 11.0 Å². The zero-order chi connectivity index (χ0) is 8.72. The summed E-state index contributed by atoms with van der Waals surface area (Å²) in [5.41, 5.74) is 3.14. The Balaban J connectivity index is 2.75. The summed E-state index contributed by atoms with van der Waals surface area (Å²) in [6.07, 6.45) is 1.81. The van der Waals surface area contributed by atoms with Crippen molar-refractivity contribution in [1.29, 1.82) is 0 Å². The molecule has 0 bridgehead atoms.